The number of rotatable bonds is 5. The van der Waals surface area contributed by atoms with Gasteiger partial charge in [0.25, 0.3) is 0 Å². The van der Waals surface area contributed by atoms with Crippen molar-refractivity contribution in [3.05, 3.63) is 53.1 Å². The highest BCUT2D eigenvalue weighted by atomic mass is 35.5. The number of ether oxygens (including phenoxy) is 1. The van der Waals surface area contributed by atoms with E-state index in [2.05, 4.69) is 0 Å². The van der Waals surface area contributed by atoms with E-state index in [1.54, 1.807) is 11.8 Å². The van der Waals surface area contributed by atoms with Crippen molar-refractivity contribution in [2.75, 3.05) is 12.3 Å². The maximum absolute atomic E-state index is 5.87. The van der Waals surface area contributed by atoms with E-state index in [0.717, 1.165) is 27.1 Å². The maximum atomic E-state index is 5.87. The number of halogens is 1. The lowest BCUT2D eigenvalue weighted by Crippen LogP contribution is -1.94. The highest BCUT2D eigenvalue weighted by Crippen LogP contribution is 2.29. The zero-order chi connectivity index (χ0) is 13.7. The van der Waals surface area contributed by atoms with E-state index in [-0.39, 0.29) is 0 Å². The fourth-order valence-corrected chi connectivity index (χ4v) is 2.75. The molecule has 19 heavy (non-hydrogen) atoms. The summed E-state index contributed by atoms with van der Waals surface area (Å²) in [6.45, 7) is 2.61. The van der Waals surface area contributed by atoms with Crippen molar-refractivity contribution in [1.29, 1.82) is 0 Å². The molecule has 0 aliphatic heterocycles. The van der Waals surface area contributed by atoms with Crippen molar-refractivity contribution in [3.63, 3.8) is 0 Å². The third-order valence-corrected chi connectivity index (χ3v) is 3.83. The molecule has 0 heterocycles. The molecular formula is C15H16ClNOS. The van der Waals surface area contributed by atoms with Gasteiger partial charge in [0.2, 0.25) is 0 Å². The zero-order valence-corrected chi connectivity index (χ0v) is 12.3. The summed E-state index contributed by atoms with van der Waals surface area (Å²) < 4.78 is 5.48. The Kier molecular flexibility index (Phi) is 5.00. The minimum absolute atomic E-state index is 0.644. The second-order valence-electron chi connectivity index (χ2n) is 4.09. The summed E-state index contributed by atoms with van der Waals surface area (Å²) in [7, 11) is 0. The summed E-state index contributed by atoms with van der Waals surface area (Å²) in [5, 5.41) is 0.760. The number of nitrogens with two attached hydrogens (primary N) is 1. The molecule has 2 N–H and O–H groups in total. The van der Waals surface area contributed by atoms with Gasteiger partial charge in [-0.15, -0.1) is 11.8 Å². The Balaban J connectivity index is 2.04. The van der Waals surface area contributed by atoms with Crippen LogP contribution in [0.5, 0.6) is 5.75 Å². The molecule has 0 spiro atoms. The average Bonchev–Trinajstić information content (AvgIpc) is 2.38. The van der Waals surface area contributed by atoms with E-state index < -0.39 is 0 Å². The molecule has 0 aliphatic rings. The largest absolute Gasteiger partial charge is 0.494 e. The third kappa shape index (κ3) is 4.37. The molecule has 100 valence electrons. The fraction of sp³-hybridized carbons (Fsp3) is 0.200. The molecule has 0 bridgehead atoms. The number of anilines is 1. The van der Waals surface area contributed by atoms with Crippen LogP contribution in [0.15, 0.2) is 47.4 Å². The molecule has 0 aliphatic carbocycles. The molecule has 2 aromatic rings. The lowest BCUT2D eigenvalue weighted by molar-refractivity contribution is 0.339. The predicted octanol–water partition coefficient (Wildman–Crippen LogP) is 4.61. The van der Waals surface area contributed by atoms with Crippen molar-refractivity contribution >= 4 is 29.1 Å². The number of thioether (sulfide) groups is 1. The van der Waals surface area contributed by atoms with Gasteiger partial charge >= 0.3 is 0 Å². The van der Waals surface area contributed by atoms with E-state index in [4.69, 9.17) is 22.1 Å². The predicted molar refractivity (Wildman–Crippen MR) is 83.0 cm³/mol. The Hall–Kier alpha value is -1.32. The molecule has 2 nitrogen and oxygen atoms in total. The number of benzene rings is 2. The first-order valence-electron chi connectivity index (χ1n) is 6.08. The topological polar surface area (TPSA) is 35.2 Å². The van der Waals surface area contributed by atoms with Crippen molar-refractivity contribution in [1.82, 2.24) is 0 Å². The highest BCUT2D eigenvalue weighted by molar-refractivity contribution is 7.98. The van der Waals surface area contributed by atoms with Crippen LogP contribution >= 0.6 is 23.4 Å². The van der Waals surface area contributed by atoms with Crippen LogP contribution < -0.4 is 10.5 Å². The Morgan fingerprint density at radius 3 is 2.58 bits per heavy atom. The summed E-state index contributed by atoms with van der Waals surface area (Å²) in [5.41, 5.74) is 7.83. The van der Waals surface area contributed by atoms with Crippen LogP contribution in [0, 0.1) is 0 Å². The Labute approximate surface area is 122 Å². The first-order valence-corrected chi connectivity index (χ1v) is 7.44. The van der Waals surface area contributed by atoms with Crippen molar-refractivity contribution in [3.8, 4) is 5.75 Å². The minimum Gasteiger partial charge on any atom is -0.494 e. The van der Waals surface area contributed by atoms with Crippen molar-refractivity contribution in [2.24, 2.45) is 0 Å². The molecule has 4 heteroatoms. The minimum atomic E-state index is 0.644. The number of hydrogen-bond acceptors (Lipinski definition) is 3. The van der Waals surface area contributed by atoms with Crippen LogP contribution in [0.4, 0.5) is 5.69 Å². The van der Waals surface area contributed by atoms with Crippen LogP contribution in [0.3, 0.4) is 0 Å². The molecule has 0 saturated carbocycles. The van der Waals surface area contributed by atoms with Crippen LogP contribution in [0.25, 0.3) is 0 Å². The molecular weight excluding hydrogens is 278 g/mol. The molecule has 0 saturated heterocycles. The number of hydrogen-bond donors (Lipinski definition) is 1. The van der Waals surface area contributed by atoms with Crippen LogP contribution in [-0.2, 0) is 5.75 Å². The summed E-state index contributed by atoms with van der Waals surface area (Å²) in [6.07, 6.45) is 0. The molecule has 0 amide bonds. The van der Waals surface area contributed by atoms with Crippen LogP contribution in [0.2, 0.25) is 5.02 Å². The van der Waals surface area contributed by atoms with Gasteiger partial charge in [-0.25, -0.2) is 0 Å². The second kappa shape index (κ2) is 6.73. The van der Waals surface area contributed by atoms with Crippen LogP contribution in [0.1, 0.15) is 12.5 Å². The van der Waals surface area contributed by atoms with E-state index in [1.165, 1.54) is 5.56 Å². The summed E-state index contributed by atoms with van der Waals surface area (Å²) in [5.74, 6) is 1.70. The first kappa shape index (κ1) is 14.1. The number of nitrogen functional groups attached to an aromatic ring is 1. The molecule has 2 aromatic carbocycles. The van der Waals surface area contributed by atoms with Gasteiger partial charge in [0.1, 0.15) is 5.75 Å². The lowest BCUT2D eigenvalue weighted by Gasteiger charge is -2.08. The summed E-state index contributed by atoms with van der Waals surface area (Å²) >= 11 is 7.60. The molecule has 0 atom stereocenters. The molecule has 0 unspecified atom stereocenters. The van der Waals surface area contributed by atoms with Crippen LogP contribution in [-0.4, -0.2) is 6.61 Å². The Morgan fingerprint density at radius 2 is 1.89 bits per heavy atom. The van der Waals surface area contributed by atoms with Gasteiger partial charge in [-0.3, -0.25) is 0 Å². The average molecular weight is 294 g/mol. The normalized spacial score (nSPS) is 10.4. The van der Waals surface area contributed by atoms with Crippen molar-refractivity contribution < 1.29 is 4.74 Å². The van der Waals surface area contributed by atoms with Gasteiger partial charge in [0.05, 0.1) is 6.61 Å². The summed E-state index contributed by atoms with van der Waals surface area (Å²) in [6, 6.07) is 13.7. The SMILES string of the molecule is CCOc1cc(N)cc(SCc2ccc(Cl)cc2)c1. The molecule has 2 rings (SSSR count). The lowest BCUT2D eigenvalue weighted by atomic mass is 10.2. The van der Waals surface area contributed by atoms with E-state index in [1.807, 2.05) is 49.4 Å². The standard InChI is InChI=1S/C15H16ClNOS/c1-2-18-14-7-13(17)8-15(9-14)19-10-11-3-5-12(16)6-4-11/h3-9H,2,10,17H2,1H3. The fourth-order valence-electron chi connectivity index (χ4n) is 1.67. The third-order valence-electron chi connectivity index (χ3n) is 2.53. The Morgan fingerprint density at radius 1 is 1.16 bits per heavy atom. The zero-order valence-electron chi connectivity index (χ0n) is 10.7. The van der Waals surface area contributed by atoms with Gasteiger partial charge in [-0.05, 0) is 36.8 Å². The van der Waals surface area contributed by atoms with E-state index in [0.29, 0.717) is 6.61 Å². The van der Waals surface area contributed by atoms with Gasteiger partial charge in [-0.1, -0.05) is 23.7 Å². The Bertz CT molecular complexity index is 542. The van der Waals surface area contributed by atoms with E-state index >= 15 is 0 Å². The first-order chi connectivity index (χ1) is 9.17. The molecule has 0 aromatic heterocycles. The van der Waals surface area contributed by atoms with Gasteiger partial charge < -0.3 is 10.5 Å². The van der Waals surface area contributed by atoms with Gasteiger partial charge in [0.15, 0.2) is 0 Å². The molecule has 0 radical (unpaired) electrons. The summed E-state index contributed by atoms with van der Waals surface area (Å²) in [4.78, 5) is 1.11. The highest BCUT2D eigenvalue weighted by Gasteiger charge is 2.02. The van der Waals surface area contributed by atoms with Gasteiger partial charge in [-0.2, -0.15) is 0 Å². The van der Waals surface area contributed by atoms with Crippen molar-refractivity contribution in [2.45, 2.75) is 17.6 Å². The quantitative estimate of drug-likeness (QED) is 0.646. The maximum Gasteiger partial charge on any atom is 0.122 e. The van der Waals surface area contributed by atoms with E-state index in [9.17, 15) is 0 Å². The smallest absolute Gasteiger partial charge is 0.122 e. The second-order valence-corrected chi connectivity index (χ2v) is 5.57. The monoisotopic (exact) mass is 293 g/mol. The molecule has 0 fully saturated rings. The van der Waals surface area contributed by atoms with Gasteiger partial charge in [0, 0.05) is 27.4 Å².